The first-order valence-corrected chi connectivity index (χ1v) is 13.6. The Balaban J connectivity index is 1.29. The van der Waals surface area contributed by atoms with Crippen LogP contribution in [0, 0.1) is 30.5 Å². The summed E-state index contributed by atoms with van der Waals surface area (Å²) >= 11 is 6.41. The van der Waals surface area contributed by atoms with Crippen molar-refractivity contribution in [2.45, 2.75) is 97.0 Å². The van der Waals surface area contributed by atoms with Gasteiger partial charge in [0.25, 0.3) is 0 Å². The molecule has 2 aromatic rings. The first kappa shape index (κ1) is 24.6. The van der Waals surface area contributed by atoms with Crippen molar-refractivity contribution in [1.29, 1.82) is 0 Å². The first-order chi connectivity index (χ1) is 16.0. The van der Waals surface area contributed by atoms with Gasteiger partial charge in [-0.15, -0.1) is 0 Å². The number of hydrogen-bond acceptors (Lipinski definition) is 1. The van der Waals surface area contributed by atoms with Crippen molar-refractivity contribution < 1.29 is 9.13 Å². The summed E-state index contributed by atoms with van der Waals surface area (Å²) in [5, 5.41) is 0.132. The molecule has 0 aliphatic heterocycles. The molecule has 0 bridgehead atoms. The SMILES string of the molecule is CCCCC1CCC(C2CCC(c3ccc(OCc4ccc(C)cc4)c(Cl)c3F)CC2)CC1. The van der Waals surface area contributed by atoms with E-state index >= 15 is 4.39 Å². The zero-order chi connectivity index (χ0) is 23.2. The molecule has 33 heavy (non-hydrogen) atoms. The van der Waals surface area contributed by atoms with Gasteiger partial charge in [0.1, 0.15) is 23.2 Å². The molecule has 2 saturated carbocycles. The van der Waals surface area contributed by atoms with Crippen LogP contribution in [0.3, 0.4) is 0 Å². The van der Waals surface area contributed by atoms with Crippen LogP contribution in [0.2, 0.25) is 5.02 Å². The maximum absolute atomic E-state index is 15.2. The van der Waals surface area contributed by atoms with Crippen molar-refractivity contribution in [3.05, 3.63) is 63.9 Å². The van der Waals surface area contributed by atoms with Gasteiger partial charge in [0.05, 0.1) is 0 Å². The summed E-state index contributed by atoms with van der Waals surface area (Å²) in [6.07, 6.45) is 14.5. The molecule has 1 nitrogen and oxygen atoms in total. The molecule has 0 amide bonds. The summed E-state index contributed by atoms with van der Waals surface area (Å²) < 4.78 is 21.1. The molecular weight excluding hydrogens is 431 g/mol. The minimum absolute atomic E-state index is 0.132. The van der Waals surface area contributed by atoms with Crippen molar-refractivity contribution in [2.75, 3.05) is 0 Å². The summed E-state index contributed by atoms with van der Waals surface area (Å²) in [7, 11) is 0. The van der Waals surface area contributed by atoms with E-state index in [0.717, 1.165) is 41.7 Å². The van der Waals surface area contributed by atoms with Crippen LogP contribution in [-0.4, -0.2) is 0 Å². The molecule has 0 aromatic heterocycles. The number of halogens is 2. The van der Waals surface area contributed by atoms with Crippen LogP contribution in [-0.2, 0) is 6.61 Å². The first-order valence-electron chi connectivity index (χ1n) is 13.2. The Morgan fingerprint density at radius 3 is 2.15 bits per heavy atom. The Morgan fingerprint density at radius 2 is 1.52 bits per heavy atom. The van der Waals surface area contributed by atoms with Crippen LogP contribution in [0.15, 0.2) is 36.4 Å². The Morgan fingerprint density at radius 1 is 0.879 bits per heavy atom. The van der Waals surface area contributed by atoms with Gasteiger partial charge in [-0.1, -0.05) is 86.5 Å². The zero-order valence-electron chi connectivity index (χ0n) is 20.4. The average molecular weight is 471 g/mol. The molecule has 0 atom stereocenters. The zero-order valence-corrected chi connectivity index (χ0v) is 21.2. The van der Waals surface area contributed by atoms with E-state index in [1.807, 2.05) is 24.3 Å². The predicted octanol–water partition coefficient (Wildman–Crippen LogP) is 9.64. The summed E-state index contributed by atoms with van der Waals surface area (Å²) in [5.74, 6) is 3.15. The van der Waals surface area contributed by atoms with Gasteiger partial charge in [0, 0.05) is 0 Å². The molecule has 4 rings (SSSR count). The fourth-order valence-electron chi connectivity index (χ4n) is 6.16. The third-order valence-corrected chi connectivity index (χ3v) is 8.68. The lowest BCUT2D eigenvalue weighted by Gasteiger charge is -2.38. The van der Waals surface area contributed by atoms with Gasteiger partial charge in [-0.05, 0) is 86.3 Å². The van der Waals surface area contributed by atoms with Gasteiger partial charge in [-0.25, -0.2) is 4.39 Å². The van der Waals surface area contributed by atoms with Crippen molar-refractivity contribution >= 4 is 11.6 Å². The van der Waals surface area contributed by atoms with Gasteiger partial charge < -0.3 is 4.74 Å². The fourth-order valence-corrected chi connectivity index (χ4v) is 6.39. The lowest BCUT2D eigenvalue weighted by Crippen LogP contribution is -2.25. The number of benzene rings is 2. The molecule has 2 aromatic carbocycles. The molecular formula is C30H40ClFO. The minimum Gasteiger partial charge on any atom is -0.487 e. The van der Waals surface area contributed by atoms with E-state index < -0.39 is 0 Å². The molecule has 0 radical (unpaired) electrons. The van der Waals surface area contributed by atoms with E-state index in [2.05, 4.69) is 26.0 Å². The molecule has 0 heterocycles. The third-order valence-electron chi connectivity index (χ3n) is 8.33. The maximum Gasteiger partial charge on any atom is 0.149 e. The minimum atomic E-state index is -0.280. The molecule has 0 unspecified atom stereocenters. The van der Waals surface area contributed by atoms with Crippen LogP contribution in [0.1, 0.15) is 100 Å². The molecule has 0 N–H and O–H groups in total. The van der Waals surface area contributed by atoms with Gasteiger partial charge in [-0.2, -0.15) is 0 Å². The van der Waals surface area contributed by atoms with E-state index in [0.29, 0.717) is 12.4 Å². The normalized spacial score (nSPS) is 25.7. The van der Waals surface area contributed by atoms with Crippen molar-refractivity contribution in [1.82, 2.24) is 0 Å². The largest absolute Gasteiger partial charge is 0.487 e. The second kappa shape index (κ2) is 11.7. The Kier molecular flexibility index (Phi) is 8.74. The van der Waals surface area contributed by atoms with E-state index in [1.54, 1.807) is 0 Å². The maximum atomic E-state index is 15.2. The van der Waals surface area contributed by atoms with Gasteiger partial charge in [0.2, 0.25) is 0 Å². The van der Waals surface area contributed by atoms with E-state index in [-0.39, 0.29) is 16.8 Å². The lowest BCUT2D eigenvalue weighted by molar-refractivity contribution is 0.155. The lowest BCUT2D eigenvalue weighted by atomic mass is 9.68. The Labute approximate surface area is 205 Å². The predicted molar refractivity (Wildman–Crippen MR) is 137 cm³/mol. The Hall–Kier alpha value is -1.54. The quantitative estimate of drug-likeness (QED) is 0.373. The van der Waals surface area contributed by atoms with Crippen LogP contribution >= 0.6 is 11.6 Å². The molecule has 2 aliphatic rings. The van der Waals surface area contributed by atoms with Crippen LogP contribution < -0.4 is 4.74 Å². The van der Waals surface area contributed by atoms with Crippen molar-refractivity contribution in [3.8, 4) is 5.75 Å². The van der Waals surface area contributed by atoms with Gasteiger partial charge >= 0.3 is 0 Å². The molecule has 0 spiro atoms. The second-order valence-electron chi connectivity index (χ2n) is 10.6. The third kappa shape index (κ3) is 6.32. The van der Waals surface area contributed by atoms with Gasteiger partial charge in [0.15, 0.2) is 0 Å². The van der Waals surface area contributed by atoms with Crippen molar-refractivity contribution in [3.63, 3.8) is 0 Å². The monoisotopic (exact) mass is 470 g/mol. The highest BCUT2D eigenvalue weighted by Crippen LogP contribution is 2.46. The summed E-state index contributed by atoms with van der Waals surface area (Å²) in [4.78, 5) is 0. The molecule has 2 fully saturated rings. The van der Waals surface area contributed by atoms with E-state index in [9.17, 15) is 0 Å². The Bertz CT molecular complexity index is 877. The smallest absolute Gasteiger partial charge is 0.149 e. The number of aryl methyl sites for hydroxylation is 1. The highest BCUT2D eigenvalue weighted by Gasteiger charge is 2.32. The number of hydrogen-bond donors (Lipinski definition) is 0. The van der Waals surface area contributed by atoms with Crippen LogP contribution in [0.5, 0.6) is 5.75 Å². The highest BCUT2D eigenvalue weighted by molar-refractivity contribution is 6.32. The average Bonchev–Trinajstić information content (AvgIpc) is 2.85. The fraction of sp³-hybridized carbons (Fsp3) is 0.600. The van der Waals surface area contributed by atoms with E-state index in [4.69, 9.17) is 16.3 Å². The topological polar surface area (TPSA) is 9.23 Å². The molecule has 2 aliphatic carbocycles. The van der Waals surface area contributed by atoms with Crippen LogP contribution in [0.4, 0.5) is 4.39 Å². The van der Waals surface area contributed by atoms with Gasteiger partial charge in [-0.3, -0.25) is 0 Å². The van der Waals surface area contributed by atoms with Crippen molar-refractivity contribution in [2.24, 2.45) is 17.8 Å². The van der Waals surface area contributed by atoms with E-state index in [1.165, 1.54) is 63.4 Å². The van der Waals surface area contributed by atoms with Crippen LogP contribution in [0.25, 0.3) is 0 Å². The number of unbranched alkanes of at least 4 members (excludes halogenated alkanes) is 1. The number of rotatable bonds is 8. The molecule has 3 heteroatoms. The summed E-state index contributed by atoms with van der Waals surface area (Å²) in [5.41, 5.74) is 3.05. The summed E-state index contributed by atoms with van der Waals surface area (Å²) in [6.45, 7) is 4.75. The molecule has 0 saturated heterocycles. The molecule has 180 valence electrons. The standard InChI is InChI=1S/C30H40ClFO/c1-3-4-5-22-10-12-24(13-11-22)25-14-16-26(17-15-25)27-18-19-28(29(31)30(27)32)33-20-23-8-6-21(2)7-9-23/h6-9,18-19,22,24-26H,3-5,10-17,20H2,1-2H3. The second-order valence-corrected chi connectivity index (χ2v) is 11.0. The number of ether oxygens (including phenoxy) is 1. The summed E-state index contributed by atoms with van der Waals surface area (Å²) in [6, 6.07) is 11.9. The highest BCUT2D eigenvalue weighted by atomic mass is 35.5.